The van der Waals surface area contributed by atoms with Gasteiger partial charge in [0.2, 0.25) is 5.91 Å². The Morgan fingerprint density at radius 2 is 1.54 bits per heavy atom. The Bertz CT molecular complexity index is 1490. The second kappa shape index (κ2) is 12.2. The summed E-state index contributed by atoms with van der Waals surface area (Å²) in [7, 11) is 3.08. The number of fused-ring (bicyclic) bond motifs is 1. The van der Waals surface area contributed by atoms with Gasteiger partial charge in [-0.05, 0) is 67.9 Å². The largest absolute Gasteiger partial charge is 0.497 e. The van der Waals surface area contributed by atoms with Crippen molar-refractivity contribution in [3.63, 3.8) is 0 Å². The van der Waals surface area contributed by atoms with Crippen LogP contribution < -0.4 is 14.2 Å². The number of nitrogens with zero attached hydrogens (tertiary/aromatic N) is 3. The third kappa shape index (κ3) is 6.06. The van der Waals surface area contributed by atoms with E-state index in [1.165, 1.54) is 0 Å². The van der Waals surface area contributed by atoms with Crippen LogP contribution in [-0.4, -0.2) is 59.5 Å². The molecule has 0 bridgehead atoms. The van der Waals surface area contributed by atoms with Crippen molar-refractivity contribution in [3.8, 4) is 23.0 Å². The van der Waals surface area contributed by atoms with Crippen molar-refractivity contribution in [1.82, 2.24) is 14.4 Å². The Kier molecular flexibility index (Phi) is 8.29. The molecule has 0 radical (unpaired) electrons. The van der Waals surface area contributed by atoms with Gasteiger partial charge in [0.15, 0.2) is 0 Å². The van der Waals surface area contributed by atoms with E-state index in [4.69, 9.17) is 14.2 Å². The van der Waals surface area contributed by atoms with Crippen molar-refractivity contribution in [3.05, 3.63) is 108 Å². The number of ether oxygens (including phenoxy) is 3. The number of rotatable bonds is 9. The number of hydrogen-bond acceptors (Lipinski definition) is 5. The molecule has 0 N–H and O–H groups in total. The molecule has 8 nitrogen and oxygen atoms in total. The lowest BCUT2D eigenvalue weighted by Crippen LogP contribution is -2.49. The predicted molar refractivity (Wildman–Crippen MR) is 157 cm³/mol. The van der Waals surface area contributed by atoms with Gasteiger partial charge in [-0.3, -0.25) is 9.59 Å². The maximum atomic E-state index is 14.0. The van der Waals surface area contributed by atoms with E-state index in [-0.39, 0.29) is 30.4 Å². The Balaban J connectivity index is 1.43. The molecule has 2 amide bonds. The fourth-order valence-corrected chi connectivity index (χ4v) is 5.20. The van der Waals surface area contributed by atoms with Gasteiger partial charge in [0, 0.05) is 42.7 Å². The molecule has 1 aliphatic heterocycles. The summed E-state index contributed by atoms with van der Waals surface area (Å²) < 4.78 is 19.0. The van der Waals surface area contributed by atoms with Crippen molar-refractivity contribution in [2.45, 2.75) is 32.5 Å². The third-order valence-corrected chi connectivity index (χ3v) is 7.30. The van der Waals surface area contributed by atoms with Gasteiger partial charge in [-0.25, -0.2) is 0 Å². The quantitative estimate of drug-likeness (QED) is 0.263. The van der Waals surface area contributed by atoms with Crippen LogP contribution in [0.25, 0.3) is 0 Å². The summed E-state index contributed by atoms with van der Waals surface area (Å²) in [5, 5.41) is 0. The highest BCUT2D eigenvalue weighted by Gasteiger charge is 2.34. The van der Waals surface area contributed by atoms with Crippen LogP contribution in [0, 0.1) is 0 Å². The van der Waals surface area contributed by atoms with E-state index in [9.17, 15) is 9.59 Å². The topological polar surface area (TPSA) is 73.2 Å². The highest BCUT2D eigenvalue weighted by atomic mass is 16.5. The van der Waals surface area contributed by atoms with Crippen LogP contribution in [0.1, 0.15) is 41.5 Å². The fourth-order valence-electron chi connectivity index (χ4n) is 5.20. The number of methoxy groups -OCH3 is 2. The summed E-state index contributed by atoms with van der Waals surface area (Å²) in [6, 6.07) is 26.0. The number of aromatic nitrogens is 1. The first kappa shape index (κ1) is 27.8. The molecule has 1 aliphatic rings. The molecule has 1 aromatic heterocycles. The number of carbonyl (C=O) groups excluding carboxylic acids is 2. The third-order valence-electron chi connectivity index (χ3n) is 7.30. The maximum absolute atomic E-state index is 14.0. The molecular weight excluding hydrogens is 518 g/mol. The molecule has 0 saturated heterocycles. The minimum Gasteiger partial charge on any atom is -0.497 e. The molecule has 0 aliphatic carbocycles. The summed E-state index contributed by atoms with van der Waals surface area (Å²) >= 11 is 0. The lowest BCUT2D eigenvalue weighted by Gasteiger charge is -2.39. The van der Waals surface area contributed by atoms with E-state index in [1.807, 2.05) is 91.7 Å². The van der Waals surface area contributed by atoms with Gasteiger partial charge in [0.25, 0.3) is 5.91 Å². The second-order valence-electron chi connectivity index (χ2n) is 10.2. The maximum Gasteiger partial charge on any atom is 0.254 e. The summed E-state index contributed by atoms with van der Waals surface area (Å²) in [5.74, 6) is 2.06. The molecule has 3 aromatic carbocycles. The Morgan fingerprint density at radius 1 is 0.829 bits per heavy atom. The standard InChI is InChI=1S/C33H35N3O5/c1-23(2)36(33(38)25-19-28(39-3)21-29(20-25)40-4)22-31(37)35-17-16-34-15-9-14-30(34)32(35)24-10-8-13-27(18-24)41-26-11-6-5-7-12-26/h5-15,18-21,23,32H,16-17,22H2,1-4H3/t32-/m0/s1. The smallest absolute Gasteiger partial charge is 0.254 e. The van der Waals surface area contributed by atoms with E-state index in [2.05, 4.69) is 4.57 Å². The van der Waals surface area contributed by atoms with Crippen molar-refractivity contribution >= 4 is 11.8 Å². The van der Waals surface area contributed by atoms with Crippen molar-refractivity contribution in [1.29, 1.82) is 0 Å². The monoisotopic (exact) mass is 553 g/mol. The van der Waals surface area contributed by atoms with Crippen LogP contribution in [0.15, 0.2) is 91.1 Å². The summed E-state index contributed by atoms with van der Waals surface area (Å²) in [6.45, 7) is 4.95. The van der Waals surface area contributed by atoms with Gasteiger partial charge in [-0.1, -0.05) is 30.3 Å². The van der Waals surface area contributed by atoms with Gasteiger partial charge < -0.3 is 28.6 Å². The van der Waals surface area contributed by atoms with E-state index in [0.717, 1.165) is 17.0 Å². The fraction of sp³-hybridized carbons (Fsp3) is 0.273. The molecule has 41 heavy (non-hydrogen) atoms. The lowest BCUT2D eigenvalue weighted by atomic mass is 9.99. The molecule has 5 rings (SSSR count). The predicted octanol–water partition coefficient (Wildman–Crippen LogP) is 5.78. The first-order valence-corrected chi connectivity index (χ1v) is 13.7. The molecular formula is C33H35N3O5. The number of amides is 2. The zero-order valence-corrected chi connectivity index (χ0v) is 23.8. The van der Waals surface area contributed by atoms with Crippen LogP contribution >= 0.6 is 0 Å². The Morgan fingerprint density at radius 3 is 2.22 bits per heavy atom. The van der Waals surface area contributed by atoms with Crippen LogP contribution in [0.2, 0.25) is 0 Å². The highest BCUT2D eigenvalue weighted by molar-refractivity contribution is 5.97. The van der Waals surface area contributed by atoms with Gasteiger partial charge in [0.1, 0.15) is 29.5 Å². The van der Waals surface area contributed by atoms with Crippen LogP contribution in [-0.2, 0) is 11.3 Å². The van der Waals surface area contributed by atoms with Crippen LogP contribution in [0.3, 0.4) is 0 Å². The highest BCUT2D eigenvalue weighted by Crippen LogP contribution is 2.35. The number of carbonyl (C=O) groups is 2. The zero-order valence-electron chi connectivity index (χ0n) is 23.8. The summed E-state index contributed by atoms with van der Waals surface area (Å²) in [5.41, 5.74) is 2.35. The number of hydrogen-bond donors (Lipinski definition) is 0. The SMILES string of the molecule is COc1cc(OC)cc(C(=O)N(CC(=O)N2CCn3cccc3[C@@H]2c2cccc(Oc3ccccc3)c2)C(C)C)c1. The van der Waals surface area contributed by atoms with Gasteiger partial charge >= 0.3 is 0 Å². The molecule has 212 valence electrons. The summed E-state index contributed by atoms with van der Waals surface area (Å²) in [4.78, 5) is 31.2. The Labute approximate surface area is 240 Å². The normalized spacial score (nSPS) is 14.4. The molecule has 8 heteroatoms. The number of para-hydroxylation sites is 1. The minimum absolute atomic E-state index is 0.0621. The first-order chi connectivity index (χ1) is 19.9. The molecule has 0 fully saturated rings. The minimum atomic E-state index is -0.327. The van der Waals surface area contributed by atoms with E-state index in [1.54, 1.807) is 37.3 Å². The second-order valence-corrected chi connectivity index (χ2v) is 10.2. The van der Waals surface area contributed by atoms with E-state index in [0.29, 0.717) is 35.9 Å². The molecule has 2 heterocycles. The van der Waals surface area contributed by atoms with Gasteiger partial charge in [-0.2, -0.15) is 0 Å². The number of benzene rings is 3. The van der Waals surface area contributed by atoms with Gasteiger partial charge in [0.05, 0.1) is 20.3 Å². The van der Waals surface area contributed by atoms with Crippen molar-refractivity contribution < 1.29 is 23.8 Å². The van der Waals surface area contributed by atoms with Crippen LogP contribution in [0.4, 0.5) is 0 Å². The zero-order chi connectivity index (χ0) is 28.9. The first-order valence-electron chi connectivity index (χ1n) is 13.7. The summed E-state index contributed by atoms with van der Waals surface area (Å²) in [6.07, 6.45) is 2.04. The van der Waals surface area contributed by atoms with E-state index >= 15 is 0 Å². The van der Waals surface area contributed by atoms with Crippen LogP contribution in [0.5, 0.6) is 23.0 Å². The molecule has 1 atom stereocenters. The van der Waals surface area contributed by atoms with E-state index < -0.39 is 0 Å². The van der Waals surface area contributed by atoms with Crippen molar-refractivity contribution in [2.24, 2.45) is 0 Å². The Hall–Kier alpha value is -4.72. The molecule has 4 aromatic rings. The lowest BCUT2D eigenvalue weighted by molar-refractivity contribution is -0.135. The molecule has 0 saturated carbocycles. The average Bonchev–Trinajstić information content (AvgIpc) is 3.48. The average molecular weight is 554 g/mol. The van der Waals surface area contributed by atoms with Gasteiger partial charge in [-0.15, -0.1) is 0 Å². The van der Waals surface area contributed by atoms with Crippen molar-refractivity contribution in [2.75, 3.05) is 27.3 Å². The molecule has 0 unspecified atom stereocenters. The molecule has 0 spiro atoms.